The van der Waals surface area contributed by atoms with Crippen LogP contribution in [0.1, 0.15) is 29.3 Å². The topological polar surface area (TPSA) is 103 Å². The van der Waals surface area contributed by atoms with Gasteiger partial charge in [0.15, 0.2) is 0 Å². The molecule has 2 N–H and O–H groups in total. The zero-order valence-corrected chi connectivity index (χ0v) is 17.1. The van der Waals surface area contributed by atoms with E-state index in [1.54, 1.807) is 11.1 Å². The first-order valence-electron chi connectivity index (χ1n) is 9.91. The Balaban J connectivity index is 1.62. The molecule has 4 rings (SSSR count). The molecule has 0 radical (unpaired) electrons. The number of aliphatic hydroxyl groups is 1. The zero-order chi connectivity index (χ0) is 21.1. The molecule has 1 amide bonds. The van der Waals surface area contributed by atoms with Crippen LogP contribution in [-0.2, 0) is 22.6 Å². The third-order valence-electron chi connectivity index (χ3n) is 5.01. The second-order valence-electron chi connectivity index (χ2n) is 7.40. The number of nitrogens with zero attached hydrogens (tertiary/aromatic N) is 5. The molecule has 3 heterocycles. The van der Waals surface area contributed by atoms with Gasteiger partial charge in [0.1, 0.15) is 19.3 Å². The van der Waals surface area contributed by atoms with E-state index < -0.39 is 6.10 Å². The molecule has 1 aromatic heterocycles. The Hall–Kier alpha value is -3.17. The molecule has 0 saturated heterocycles. The Labute approximate surface area is 174 Å². The average molecular weight is 409 g/mol. The van der Waals surface area contributed by atoms with Gasteiger partial charge in [0, 0.05) is 4.98 Å². The largest absolute Gasteiger partial charge is 0.384 e. The van der Waals surface area contributed by atoms with Gasteiger partial charge in [-0.2, -0.15) is 10.1 Å². The molecular formula is C21H25N6O3+. The molecule has 0 spiro atoms. The molecule has 1 atom stereocenters. The van der Waals surface area contributed by atoms with Gasteiger partial charge in [-0.15, -0.1) is 0 Å². The number of aromatic nitrogens is 2. The molecule has 0 aliphatic carbocycles. The number of fused-ring (bicyclic) bond motifs is 1. The lowest BCUT2D eigenvalue weighted by atomic mass is 10.2. The molecule has 2 aliphatic heterocycles. The molecule has 30 heavy (non-hydrogen) atoms. The summed E-state index contributed by atoms with van der Waals surface area (Å²) in [4.78, 5) is 23.1. The number of ether oxygens (including phenoxy) is 1. The number of carbonyl (C=O) groups is 1. The summed E-state index contributed by atoms with van der Waals surface area (Å²) in [6.45, 7) is 5.96. The minimum Gasteiger partial charge on any atom is -0.384 e. The van der Waals surface area contributed by atoms with Crippen LogP contribution in [0.2, 0.25) is 0 Å². The predicted octanol–water partition coefficient (Wildman–Crippen LogP) is 1.20. The smallest absolute Gasteiger partial charge is 0.359 e. The highest BCUT2D eigenvalue weighted by molar-refractivity contribution is 5.81. The highest BCUT2D eigenvalue weighted by atomic mass is 16.5. The van der Waals surface area contributed by atoms with Crippen LogP contribution in [0.4, 0.5) is 11.8 Å². The van der Waals surface area contributed by atoms with E-state index in [2.05, 4.69) is 20.5 Å². The van der Waals surface area contributed by atoms with Crippen molar-refractivity contribution in [2.45, 2.75) is 33.0 Å². The van der Waals surface area contributed by atoms with Crippen molar-refractivity contribution >= 4 is 30.1 Å². The van der Waals surface area contributed by atoms with E-state index >= 15 is 0 Å². The van der Waals surface area contributed by atoms with Crippen LogP contribution in [0.3, 0.4) is 0 Å². The highest BCUT2D eigenvalue weighted by Crippen LogP contribution is 2.30. The first-order chi connectivity index (χ1) is 14.5. The van der Waals surface area contributed by atoms with Crippen LogP contribution in [0.15, 0.2) is 29.4 Å². The maximum atomic E-state index is 12.3. The normalized spacial score (nSPS) is 17.0. The minimum atomic E-state index is -1.05. The van der Waals surface area contributed by atoms with Crippen molar-refractivity contribution in [1.29, 1.82) is 0 Å². The maximum Gasteiger partial charge on any atom is 0.359 e. The number of hydrogen-bond acceptors (Lipinski definition) is 7. The Kier molecular flexibility index (Phi) is 5.82. The number of benzene rings is 1. The fourth-order valence-corrected chi connectivity index (χ4v) is 3.53. The van der Waals surface area contributed by atoms with E-state index in [0.29, 0.717) is 38.8 Å². The number of carbonyl (C=O) groups excluding carboxylic acids is 1. The summed E-state index contributed by atoms with van der Waals surface area (Å²) in [7, 11) is 0. The van der Waals surface area contributed by atoms with Crippen LogP contribution < -0.4 is 5.43 Å². The molecule has 0 unspecified atom stereocenters. The van der Waals surface area contributed by atoms with Crippen LogP contribution in [0.5, 0.6) is 0 Å². The van der Waals surface area contributed by atoms with Gasteiger partial charge in [-0.25, -0.2) is 10.0 Å². The summed E-state index contributed by atoms with van der Waals surface area (Å²) in [5, 5.41) is 14.0. The third kappa shape index (κ3) is 4.37. The Bertz CT molecular complexity index is 1020. The van der Waals surface area contributed by atoms with Crippen LogP contribution in [0.25, 0.3) is 0 Å². The lowest BCUT2D eigenvalue weighted by molar-refractivity contribution is -0.454. The van der Waals surface area contributed by atoms with E-state index in [4.69, 9.17) is 4.74 Å². The summed E-state index contributed by atoms with van der Waals surface area (Å²) < 4.78 is 7.43. The molecule has 156 valence electrons. The van der Waals surface area contributed by atoms with Gasteiger partial charge in [0.05, 0.1) is 43.4 Å². The van der Waals surface area contributed by atoms with Gasteiger partial charge in [0.25, 0.3) is 5.91 Å². The molecule has 2 aliphatic rings. The molecule has 0 bridgehead atoms. The van der Waals surface area contributed by atoms with E-state index in [1.165, 1.54) is 6.92 Å². The first-order valence-corrected chi connectivity index (χ1v) is 9.91. The number of rotatable bonds is 5. The summed E-state index contributed by atoms with van der Waals surface area (Å²) in [6.07, 6.45) is 2.60. The number of aliphatic hydroxyl groups excluding tert-OH is 1. The van der Waals surface area contributed by atoms with Crippen molar-refractivity contribution in [1.82, 2.24) is 14.9 Å². The second kappa shape index (κ2) is 8.68. The molecule has 9 heteroatoms. The lowest BCUT2D eigenvalue weighted by Gasteiger charge is -2.16. The number of anilines is 1. The molecule has 1 aromatic carbocycles. The summed E-state index contributed by atoms with van der Waals surface area (Å²) in [5.41, 5.74) is 6.67. The Morgan fingerprint density at radius 1 is 1.40 bits per heavy atom. The number of aryl methyl sites for hydroxylation is 1. The maximum absolute atomic E-state index is 12.3. The number of hydrogen-bond donors (Lipinski definition) is 2. The monoisotopic (exact) mass is 409 g/mol. The first kappa shape index (κ1) is 20.1. The Morgan fingerprint density at radius 3 is 3.00 bits per heavy atom. The molecular weight excluding hydrogens is 384 g/mol. The van der Waals surface area contributed by atoms with Crippen molar-refractivity contribution in [2.24, 2.45) is 5.10 Å². The van der Waals surface area contributed by atoms with Gasteiger partial charge < -0.3 is 14.7 Å². The number of hydrazone groups is 1. The summed E-state index contributed by atoms with van der Waals surface area (Å²) in [5.74, 6) is 0.772. The average Bonchev–Trinajstić information content (AvgIpc) is 3.17. The Morgan fingerprint density at radius 2 is 2.27 bits per heavy atom. The quantitative estimate of drug-likeness (QED) is 0.437. The van der Waals surface area contributed by atoms with Crippen molar-refractivity contribution in [2.75, 3.05) is 25.2 Å². The SMILES string of the molecule is Cc1cccc(/C=N/Nc2nc3c(c([N+]4=CCOCC4)n2)CN(C(=O)[C@@H](C)O)C3)c1. The van der Waals surface area contributed by atoms with Gasteiger partial charge in [-0.1, -0.05) is 29.8 Å². The van der Waals surface area contributed by atoms with Crippen molar-refractivity contribution in [3.05, 3.63) is 46.6 Å². The van der Waals surface area contributed by atoms with Gasteiger partial charge in [-0.05, 0) is 19.4 Å². The molecule has 0 fully saturated rings. The lowest BCUT2D eigenvalue weighted by Crippen LogP contribution is -2.33. The van der Waals surface area contributed by atoms with Gasteiger partial charge >= 0.3 is 11.8 Å². The summed E-state index contributed by atoms with van der Waals surface area (Å²) in [6, 6.07) is 8.00. The van der Waals surface area contributed by atoms with Crippen LogP contribution in [-0.4, -0.2) is 68.7 Å². The standard InChI is InChI=1S/C21H25N6O3/c1-14-4-3-5-16(10-14)11-22-25-21-23-18-13-27(20(29)15(2)28)12-17(18)19(24-21)26-6-8-30-9-7-26/h3-6,10-11,15,28H,7-9,12-13H2,1-2H3,(H,23,24,25)/q+1/b22-11+/t15-/m1/s1. The van der Waals surface area contributed by atoms with Crippen molar-refractivity contribution < 1.29 is 19.2 Å². The number of amides is 1. The molecule has 0 saturated carbocycles. The molecule has 2 aromatic rings. The van der Waals surface area contributed by atoms with E-state index in [-0.39, 0.29) is 5.91 Å². The zero-order valence-electron chi connectivity index (χ0n) is 17.1. The van der Waals surface area contributed by atoms with Gasteiger partial charge in [0.2, 0.25) is 0 Å². The summed E-state index contributed by atoms with van der Waals surface area (Å²) >= 11 is 0. The van der Waals surface area contributed by atoms with Crippen molar-refractivity contribution in [3.63, 3.8) is 0 Å². The third-order valence-corrected chi connectivity index (χ3v) is 5.01. The second-order valence-corrected chi connectivity index (χ2v) is 7.40. The fraction of sp³-hybridized carbons (Fsp3) is 0.381. The van der Waals surface area contributed by atoms with Crippen molar-refractivity contribution in [3.8, 4) is 0 Å². The number of nitrogens with one attached hydrogen (secondary N) is 1. The fourth-order valence-electron chi connectivity index (χ4n) is 3.53. The predicted molar refractivity (Wildman–Crippen MR) is 112 cm³/mol. The van der Waals surface area contributed by atoms with Gasteiger partial charge in [-0.3, -0.25) is 4.79 Å². The molecule has 9 nitrogen and oxygen atoms in total. The highest BCUT2D eigenvalue weighted by Gasteiger charge is 2.35. The van der Waals surface area contributed by atoms with E-state index in [0.717, 1.165) is 28.2 Å². The van der Waals surface area contributed by atoms with Crippen LogP contribution >= 0.6 is 0 Å². The van der Waals surface area contributed by atoms with Crippen LogP contribution in [0, 0.1) is 6.92 Å². The van der Waals surface area contributed by atoms with E-state index in [1.807, 2.05) is 42.0 Å². The van der Waals surface area contributed by atoms with E-state index in [9.17, 15) is 9.90 Å². The minimum absolute atomic E-state index is 0.322.